The lowest BCUT2D eigenvalue weighted by molar-refractivity contribution is 0.0146. The number of methoxy groups -OCH3 is 1. The summed E-state index contributed by atoms with van der Waals surface area (Å²) in [6, 6.07) is 7.89. The molecule has 14 heavy (non-hydrogen) atoms. The Morgan fingerprint density at radius 2 is 2.00 bits per heavy atom. The summed E-state index contributed by atoms with van der Waals surface area (Å²) in [7, 11) is 1.62. The molecule has 74 valence electrons. The van der Waals surface area contributed by atoms with Gasteiger partial charge in [0.25, 0.3) is 0 Å². The van der Waals surface area contributed by atoms with Gasteiger partial charge in [0.05, 0.1) is 0 Å². The second kappa shape index (κ2) is 3.56. The number of rotatable bonds is 1. The van der Waals surface area contributed by atoms with Crippen LogP contribution in [0.25, 0.3) is 5.57 Å². The van der Waals surface area contributed by atoms with Crippen LogP contribution in [0.1, 0.15) is 24.2 Å². The number of hydrogen-bond donors (Lipinski definition) is 1. The van der Waals surface area contributed by atoms with Crippen LogP contribution in [0, 0.1) is 0 Å². The second-order valence-corrected chi connectivity index (χ2v) is 3.58. The number of hydrogen-bond acceptors (Lipinski definition) is 2. The molecule has 0 heterocycles. The maximum absolute atomic E-state index is 9.97. The van der Waals surface area contributed by atoms with Crippen molar-refractivity contribution in [1.29, 1.82) is 0 Å². The van der Waals surface area contributed by atoms with Crippen molar-refractivity contribution in [2.75, 3.05) is 7.11 Å². The van der Waals surface area contributed by atoms with E-state index in [0.717, 1.165) is 16.7 Å². The lowest BCUT2D eigenvalue weighted by Gasteiger charge is -2.26. The fraction of sp³-hybridized carbons (Fsp3) is 0.333. The summed E-state index contributed by atoms with van der Waals surface area (Å²) in [5, 5.41) is 9.97. The standard InChI is InChI=1S/C12H14O2/c1-8-7-11(14-2)12(13)10-6-4-3-5-9(8)10/h3-7,11-13H,1-2H3. The van der Waals surface area contributed by atoms with Crippen molar-refractivity contribution in [1.82, 2.24) is 0 Å². The number of ether oxygens (including phenoxy) is 1. The summed E-state index contributed by atoms with van der Waals surface area (Å²) >= 11 is 0. The van der Waals surface area contributed by atoms with Gasteiger partial charge in [-0.2, -0.15) is 0 Å². The average Bonchev–Trinajstić information content (AvgIpc) is 2.23. The van der Waals surface area contributed by atoms with Gasteiger partial charge in [-0.1, -0.05) is 24.3 Å². The molecule has 1 N–H and O–H groups in total. The minimum atomic E-state index is -0.542. The van der Waals surface area contributed by atoms with Crippen molar-refractivity contribution >= 4 is 5.57 Å². The zero-order chi connectivity index (χ0) is 10.1. The van der Waals surface area contributed by atoms with E-state index in [0.29, 0.717) is 0 Å². The Morgan fingerprint density at radius 3 is 2.71 bits per heavy atom. The highest BCUT2D eigenvalue weighted by atomic mass is 16.5. The Bertz CT molecular complexity index is 368. The molecule has 0 bridgehead atoms. The summed E-state index contributed by atoms with van der Waals surface area (Å²) in [6.07, 6.45) is 1.21. The monoisotopic (exact) mass is 190 g/mol. The van der Waals surface area contributed by atoms with Crippen LogP contribution in [-0.4, -0.2) is 18.3 Å². The summed E-state index contributed by atoms with van der Waals surface area (Å²) in [5.41, 5.74) is 3.24. The molecule has 0 aliphatic heterocycles. The normalized spacial score (nSPS) is 25.5. The predicted octanol–water partition coefficient (Wildman–Crippen LogP) is 2.15. The molecule has 2 nitrogen and oxygen atoms in total. The maximum Gasteiger partial charge on any atom is 0.109 e. The third-order valence-electron chi connectivity index (χ3n) is 2.70. The lowest BCUT2D eigenvalue weighted by Crippen LogP contribution is -2.23. The number of fused-ring (bicyclic) bond motifs is 1. The highest BCUT2D eigenvalue weighted by Crippen LogP contribution is 2.33. The van der Waals surface area contributed by atoms with E-state index in [4.69, 9.17) is 4.74 Å². The SMILES string of the molecule is COC1C=C(C)c2ccccc2C1O. The zero-order valence-corrected chi connectivity index (χ0v) is 8.40. The van der Waals surface area contributed by atoms with Gasteiger partial charge in [0.1, 0.15) is 12.2 Å². The van der Waals surface area contributed by atoms with Crippen LogP contribution in [0.2, 0.25) is 0 Å². The Balaban J connectivity index is 2.51. The van der Waals surface area contributed by atoms with Crippen LogP contribution in [0.5, 0.6) is 0 Å². The van der Waals surface area contributed by atoms with Crippen LogP contribution in [-0.2, 0) is 4.74 Å². The van der Waals surface area contributed by atoms with Crippen molar-refractivity contribution < 1.29 is 9.84 Å². The Hall–Kier alpha value is -1.12. The number of aliphatic hydroxyl groups is 1. The first-order valence-corrected chi connectivity index (χ1v) is 4.72. The fourth-order valence-electron chi connectivity index (χ4n) is 1.92. The lowest BCUT2D eigenvalue weighted by atomic mass is 9.88. The van der Waals surface area contributed by atoms with E-state index in [1.54, 1.807) is 7.11 Å². The van der Waals surface area contributed by atoms with Crippen molar-refractivity contribution in [3.8, 4) is 0 Å². The van der Waals surface area contributed by atoms with Crippen molar-refractivity contribution in [2.24, 2.45) is 0 Å². The highest BCUT2D eigenvalue weighted by molar-refractivity contribution is 5.69. The maximum atomic E-state index is 9.97. The van der Waals surface area contributed by atoms with Crippen molar-refractivity contribution in [3.05, 3.63) is 41.5 Å². The van der Waals surface area contributed by atoms with Gasteiger partial charge in [0, 0.05) is 7.11 Å². The van der Waals surface area contributed by atoms with Gasteiger partial charge in [-0.15, -0.1) is 0 Å². The Kier molecular flexibility index (Phi) is 2.40. The molecule has 0 spiro atoms. The number of aliphatic hydroxyl groups excluding tert-OH is 1. The van der Waals surface area contributed by atoms with Crippen LogP contribution < -0.4 is 0 Å². The fourth-order valence-corrected chi connectivity index (χ4v) is 1.92. The molecule has 0 amide bonds. The summed E-state index contributed by atoms with van der Waals surface area (Å²) < 4.78 is 5.20. The molecule has 2 heteroatoms. The third kappa shape index (κ3) is 1.37. The molecule has 1 aromatic carbocycles. The topological polar surface area (TPSA) is 29.5 Å². The van der Waals surface area contributed by atoms with Gasteiger partial charge in [-0.25, -0.2) is 0 Å². The van der Waals surface area contributed by atoms with Crippen LogP contribution in [0.15, 0.2) is 30.3 Å². The van der Waals surface area contributed by atoms with Crippen LogP contribution in [0.4, 0.5) is 0 Å². The predicted molar refractivity (Wildman–Crippen MR) is 55.8 cm³/mol. The molecule has 1 aromatic rings. The molecular weight excluding hydrogens is 176 g/mol. The molecule has 0 saturated carbocycles. The summed E-state index contributed by atoms with van der Waals surface area (Å²) in [5.74, 6) is 0. The smallest absolute Gasteiger partial charge is 0.109 e. The van der Waals surface area contributed by atoms with E-state index in [9.17, 15) is 5.11 Å². The van der Waals surface area contributed by atoms with Crippen LogP contribution >= 0.6 is 0 Å². The average molecular weight is 190 g/mol. The number of benzene rings is 1. The molecule has 2 atom stereocenters. The Labute approximate surface area is 83.8 Å². The van der Waals surface area contributed by atoms with Gasteiger partial charge >= 0.3 is 0 Å². The van der Waals surface area contributed by atoms with E-state index in [1.807, 2.05) is 37.3 Å². The molecule has 1 aliphatic rings. The first-order chi connectivity index (χ1) is 6.74. The molecular formula is C12H14O2. The molecule has 0 aromatic heterocycles. The number of allylic oxidation sites excluding steroid dienone is 1. The summed E-state index contributed by atoms with van der Waals surface area (Å²) in [4.78, 5) is 0. The van der Waals surface area contributed by atoms with Gasteiger partial charge in [-0.05, 0) is 29.7 Å². The third-order valence-corrected chi connectivity index (χ3v) is 2.70. The van der Waals surface area contributed by atoms with Crippen LogP contribution in [0.3, 0.4) is 0 Å². The first-order valence-electron chi connectivity index (χ1n) is 4.72. The minimum Gasteiger partial charge on any atom is -0.385 e. The summed E-state index contributed by atoms with van der Waals surface area (Å²) in [6.45, 7) is 2.04. The van der Waals surface area contributed by atoms with E-state index in [2.05, 4.69) is 0 Å². The van der Waals surface area contributed by atoms with E-state index in [1.165, 1.54) is 0 Å². The zero-order valence-electron chi connectivity index (χ0n) is 8.40. The van der Waals surface area contributed by atoms with E-state index in [-0.39, 0.29) is 6.10 Å². The van der Waals surface area contributed by atoms with Crippen molar-refractivity contribution in [3.63, 3.8) is 0 Å². The van der Waals surface area contributed by atoms with Gasteiger partial charge in [0.15, 0.2) is 0 Å². The van der Waals surface area contributed by atoms with Gasteiger partial charge in [0.2, 0.25) is 0 Å². The van der Waals surface area contributed by atoms with Gasteiger partial charge < -0.3 is 9.84 Å². The molecule has 0 saturated heterocycles. The first kappa shape index (κ1) is 9.44. The highest BCUT2D eigenvalue weighted by Gasteiger charge is 2.25. The minimum absolute atomic E-state index is 0.218. The van der Waals surface area contributed by atoms with E-state index < -0.39 is 6.10 Å². The largest absolute Gasteiger partial charge is 0.385 e. The Morgan fingerprint density at radius 1 is 1.29 bits per heavy atom. The quantitative estimate of drug-likeness (QED) is 0.735. The van der Waals surface area contributed by atoms with Gasteiger partial charge in [-0.3, -0.25) is 0 Å². The second-order valence-electron chi connectivity index (χ2n) is 3.58. The molecule has 2 rings (SSSR count). The molecule has 0 fully saturated rings. The van der Waals surface area contributed by atoms with E-state index >= 15 is 0 Å². The van der Waals surface area contributed by atoms with Crippen molar-refractivity contribution in [2.45, 2.75) is 19.1 Å². The molecule has 2 unspecified atom stereocenters. The molecule has 1 aliphatic carbocycles. The molecule has 0 radical (unpaired) electrons.